The molecule has 4 aromatic rings. The summed E-state index contributed by atoms with van der Waals surface area (Å²) in [7, 11) is 0. The van der Waals surface area contributed by atoms with Crippen LogP contribution in [0, 0.1) is 24.4 Å². The SMILES string of the molecule is CCNC(=O)c1nc(C)c(Oc2ccc(-n3ncn(Cc4c(F)cccc4F)c3=O)cc2F)s1. The summed E-state index contributed by atoms with van der Waals surface area (Å²) in [6.45, 7) is 3.47. The van der Waals surface area contributed by atoms with Gasteiger partial charge < -0.3 is 10.1 Å². The van der Waals surface area contributed by atoms with Crippen LogP contribution in [0.1, 0.15) is 28.0 Å². The number of hydrogen-bond donors (Lipinski definition) is 1. The van der Waals surface area contributed by atoms with Gasteiger partial charge in [-0.05, 0) is 38.1 Å². The lowest BCUT2D eigenvalue weighted by Gasteiger charge is -2.07. The van der Waals surface area contributed by atoms with E-state index in [1.54, 1.807) is 13.8 Å². The number of amides is 1. The van der Waals surface area contributed by atoms with Gasteiger partial charge >= 0.3 is 5.69 Å². The predicted molar refractivity (Wildman–Crippen MR) is 118 cm³/mol. The van der Waals surface area contributed by atoms with Crippen molar-refractivity contribution in [1.82, 2.24) is 24.6 Å². The summed E-state index contributed by atoms with van der Waals surface area (Å²) < 4.78 is 50.1. The van der Waals surface area contributed by atoms with Gasteiger partial charge in [0.05, 0.1) is 17.9 Å². The zero-order valence-electron chi connectivity index (χ0n) is 18.0. The van der Waals surface area contributed by atoms with Gasteiger partial charge in [0, 0.05) is 18.2 Å². The molecule has 0 saturated carbocycles. The second-order valence-corrected chi connectivity index (χ2v) is 8.08. The number of carbonyl (C=O) groups is 1. The van der Waals surface area contributed by atoms with E-state index in [1.165, 1.54) is 18.2 Å². The highest BCUT2D eigenvalue weighted by Gasteiger charge is 2.18. The van der Waals surface area contributed by atoms with Gasteiger partial charge in [0.15, 0.2) is 16.6 Å². The molecule has 1 amide bonds. The fraction of sp³-hybridized carbons (Fsp3) is 0.182. The summed E-state index contributed by atoms with van der Waals surface area (Å²) in [6, 6.07) is 7.15. The van der Waals surface area contributed by atoms with Crippen LogP contribution in [-0.2, 0) is 6.54 Å². The molecule has 2 aromatic carbocycles. The number of benzene rings is 2. The number of rotatable bonds is 7. The van der Waals surface area contributed by atoms with Gasteiger partial charge in [-0.1, -0.05) is 17.4 Å². The van der Waals surface area contributed by atoms with E-state index < -0.39 is 23.1 Å². The molecule has 0 radical (unpaired) electrons. The van der Waals surface area contributed by atoms with E-state index in [0.29, 0.717) is 12.2 Å². The smallest absolute Gasteiger partial charge is 0.350 e. The lowest BCUT2D eigenvalue weighted by Crippen LogP contribution is -2.24. The maximum atomic E-state index is 14.8. The Morgan fingerprint density at radius 3 is 2.56 bits per heavy atom. The molecule has 0 saturated heterocycles. The van der Waals surface area contributed by atoms with E-state index in [9.17, 15) is 22.8 Å². The van der Waals surface area contributed by atoms with Gasteiger partial charge in [0.2, 0.25) is 5.06 Å². The Kier molecular flexibility index (Phi) is 6.50. The maximum absolute atomic E-state index is 14.8. The Balaban J connectivity index is 1.57. The molecule has 4 rings (SSSR count). The first kappa shape index (κ1) is 23.2. The average molecular weight is 489 g/mol. The number of thiazole rings is 1. The summed E-state index contributed by atoms with van der Waals surface area (Å²) in [5, 5.41) is 6.98. The molecular formula is C22H18F3N5O3S. The minimum Gasteiger partial charge on any atom is -0.442 e. The van der Waals surface area contributed by atoms with Gasteiger partial charge in [0.25, 0.3) is 5.91 Å². The number of aryl methyl sites for hydroxylation is 1. The lowest BCUT2D eigenvalue weighted by molar-refractivity contribution is 0.0955. The average Bonchev–Trinajstić information content (AvgIpc) is 3.35. The number of carbonyl (C=O) groups excluding carboxylic acids is 1. The summed E-state index contributed by atoms with van der Waals surface area (Å²) in [5.41, 5.74) is -0.483. The minimum absolute atomic E-state index is 0.0895. The third kappa shape index (κ3) is 4.57. The summed E-state index contributed by atoms with van der Waals surface area (Å²) in [4.78, 5) is 28.7. The number of halogens is 3. The molecule has 0 aliphatic rings. The molecule has 12 heteroatoms. The van der Waals surface area contributed by atoms with Crippen LogP contribution < -0.4 is 15.7 Å². The van der Waals surface area contributed by atoms with Crippen LogP contribution in [0.2, 0.25) is 0 Å². The highest BCUT2D eigenvalue weighted by atomic mass is 32.1. The maximum Gasteiger partial charge on any atom is 0.350 e. The monoisotopic (exact) mass is 489 g/mol. The molecule has 1 N–H and O–H groups in total. The van der Waals surface area contributed by atoms with Gasteiger partial charge in [-0.25, -0.2) is 22.9 Å². The van der Waals surface area contributed by atoms with Gasteiger partial charge in [-0.2, -0.15) is 9.78 Å². The van der Waals surface area contributed by atoms with Crippen molar-refractivity contribution in [2.45, 2.75) is 20.4 Å². The molecule has 0 atom stereocenters. The predicted octanol–water partition coefficient (Wildman–Crippen LogP) is 3.81. The third-order valence-corrected chi connectivity index (χ3v) is 5.81. The van der Waals surface area contributed by atoms with Crippen LogP contribution >= 0.6 is 11.3 Å². The first-order chi connectivity index (χ1) is 16.3. The van der Waals surface area contributed by atoms with Crippen LogP contribution in [0.4, 0.5) is 13.2 Å². The van der Waals surface area contributed by atoms with Crippen molar-refractivity contribution < 1.29 is 22.7 Å². The number of aromatic nitrogens is 4. The first-order valence-corrected chi connectivity index (χ1v) is 10.9. The Labute approximate surface area is 195 Å². The molecule has 34 heavy (non-hydrogen) atoms. The van der Waals surface area contributed by atoms with Gasteiger partial charge in [-0.3, -0.25) is 9.36 Å². The highest BCUT2D eigenvalue weighted by Crippen LogP contribution is 2.33. The third-order valence-electron chi connectivity index (χ3n) is 4.77. The molecule has 0 bridgehead atoms. The standard InChI is InChI=1S/C22H18F3N5O3S/c1-3-26-19(31)20-28-12(2)21(34-20)33-18-8-7-13(9-17(18)25)30-22(32)29(11-27-30)10-14-15(23)5-4-6-16(14)24/h4-9,11H,3,10H2,1-2H3,(H,26,31). The van der Waals surface area contributed by atoms with Crippen LogP contribution in [0.25, 0.3) is 5.69 Å². The number of nitrogens with zero attached hydrogens (tertiary/aromatic N) is 4. The van der Waals surface area contributed by atoms with Gasteiger partial charge in [-0.15, -0.1) is 0 Å². The largest absolute Gasteiger partial charge is 0.442 e. The first-order valence-electron chi connectivity index (χ1n) is 10.1. The zero-order chi connectivity index (χ0) is 24.4. The van der Waals surface area contributed by atoms with Gasteiger partial charge in [0.1, 0.15) is 18.0 Å². The molecule has 2 heterocycles. The number of hydrogen-bond acceptors (Lipinski definition) is 6. The van der Waals surface area contributed by atoms with Crippen molar-refractivity contribution >= 4 is 17.2 Å². The molecule has 176 valence electrons. The van der Waals surface area contributed by atoms with Crippen LogP contribution in [0.3, 0.4) is 0 Å². The Hall–Kier alpha value is -3.93. The zero-order valence-corrected chi connectivity index (χ0v) is 18.8. The second kappa shape index (κ2) is 9.51. The molecule has 0 aliphatic carbocycles. The highest BCUT2D eigenvalue weighted by molar-refractivity contribution is 7.15. The lowest BCUT2D eigenvalue weighted by atomic mass is 10.2. The van der Waals surface area contributed by atoms with Crippen molar-refractivity contribution in [3.63, 3.8) is 0 Å². The van der Waals surface area contributed by atoms with Crippen molar-refractivity contribution in [2.75, 3.05) is 6.54 Å². The Bertz CT molecular complexity index is 1410. The summed E-state index contributed by atoms with van der Waals surface area (Å²) in [6.07, 6.45) is 1.11. The molecule has 0 aliphatic heterocycles. The minimum atomic E-state index is -0.791. The summed E-state index contributed by atoms with van der Waals surface area (Å²) >= 11 is 0.976. The van der Waals surface area contributed by atoms with E-state index in [1.807, 2.05) is 0 Å². The van der Waals surface area contributed by atoms with Crippen LogP contribution in [0.15, 0.2) is 47.5 Å². The normalized spacial score (nSPS) is 11.0. The van der Waals surface area contributed by atoms with E-state index in [-0.39, 0.29) is 39.5 Å². The van der Waals surface area contributed by atoms with Crippen molar-refractivity contribution in [2.24, 2.45) is 0 Å². The van der Waals surface area contributed by atoms with E-state index in [4.69, 9.17) is 4.74 Å². The Morgan fingerprint density at radius 1 is 1.15 bits per heavy atom. The molecule has 2 aromatic heterocycles. The van der Waals surface area contributed by atoms with Crippen LogP contribution in [0.5, 0.6) is 10.8 Å². The fourth-order valence-electron chi connectivity index (χ4n) is 3.09. The van der Waals surface area contributed by atoms with E-state index in [0.717, 1.165) is 45.1 Å². The molecule has 8 nitrogen and oxygen atoms in total. The molecule has 0 unspecified atom stereocenters. The molecule has 0 spiro atoms. The quantitative estimate of drug-likeness (QED) is 0.426. The van der Waals surface area contributed by atoms with Crippen molar-refractivity contribution in [1.29, 1.82) is 0 Å². The van der Waals surface area contributed by atoms with Crippen molar-refractivity contribution in [3.05, 3.63) is 86.9 Å². The topological polar surface area (TPSA) is 91.0 Å². The van der Waals surface area contributed by atoms with Crippen LogP contribution in [-0.4, -0.2) is 31.8 Å². The van der Waals surface area contributed by atoms with E-state index in [2.05, 4.69) is 15.4 Å². The number of ether oxygens (including phenoxy) is 1. The molecule has 0 fully saturated rings. The second-order valence-electron chi connectivity index (χ2n) is 7.12. The molecular weight excluding hydrogens is 471 g/mol. The number of nitrogens with one attached hydrogen (secondary N) is 1. The van der Waals surface area contributed by atoms with E-state index >= 15 is 0 Å². The Morgan fingerprint density at radius 2 is 1.88 bits per heavy atom. The summed E-state index contributed by atoms with van der Waals surface area (Å²) in [5.74, 6) is -2.86. The fourth-order valence-corrected chi connectivity index (χ4v) is 3.94. The van der Waals surface area contributed by atoms with Crippen molar-refractivity contribution in [3.8, 4) is 16.5 Å².